The van der Waals surface area contributed by atoms with Gasteiger partial charge in [0.25, 0.3) is 9.05 Å². The minimum absolute atomic E-state index is 0.0315. The maximum Gasteiger partial charge on any atom is 0.261 e. The highest BCUT2D eigenvalue weighted by molar-refractivity contribution is 8.13. The third kappa shape index (κ3) is 2.86. The first-order valence-corrected chi connectivity index (χ1v) is 6.71. The van der Waals surface area contributed by atoms with Gasteiger partial charge in [0.05, 0.1) is 4.90 Å². The van der Waals surface area contributed by atoms with E-state index >= 15 is 0 Å². The van der Waals surface area contributed by atoms with Gasteiger partial charge in [-0.15, -0.1) is 0 Å². The zero-order chi connectivity index (χ0) is 11.9. The second-order valence-electron chi connectivity index (χ2n) is 4.37. The average molecular weight is 249 g/mol. The third-order valence-electron chi connectivity index (χ3n) is 2.03. The molecule has 3 nitrogen and oxygen atoms in total. The highest BCUT2D eigenvalue weighted by Crippen LogP contribution is 2.33. The molecule has 0 aromatic heterocycles. The number of hydrogen-bond acceptors (Lipinski definition) is 3. The van der Waals surface area contributed by atoms with E-state index in [0.29, 0.717) is 5.56 Å². The van der Waals surface area contributed by atoms with Gasteiger partial charge in [-0.05, 0) is 29.2 Å². The van der Waals surface area contributed by atoms with Gasteiger partial charge < -0.3 is 5.11 Å². The van der Waals surface area contributed by atoms with Crippen LogP contribution in [0.4, 0.5) is 0 Å². The largest absolute Gasteiger partial charge is 0.508 e. The van der Waals surface area contributed by atoms with Crippen LogP contribution < -0.4 is 0 Å². The first-order valence-electron chi connectivity index (χ1n) is 4.40. The third-order valence-corrected chi connectivity index (χ3v) is 3.41. The van der Waals surface area contributed by atoms with Crippen LogP contribution in [0.1, 0.15) is 26.3 Å². The van der Waals surface area contributed by atoms with Crippen molar-refractivity contribution in [1.29, 1.82) is 0 Å². The van der Waals surface area contributed by atoms with Crippen molar-refractivity contribution in [3.8, 4) is 5.75 Å². The zero-order valence-corrected chi connectivity index (χ0v) is 10.4. The molecule has 0 aliphatic heterocycles. The molecule has 1 rings (SSSR count). The van der Waals surface area contributed by atoms with E-state index in [-0.39, 0.29) is 10.6 Å². The van der Waals surface area contributed by atoms with E-state index in [2.05, 4.69) is 0 Å². The van der Waals surface area contributed by atoms with Gasteiger partial charge in [-0.2, -0.15) is 0 Å². The normalized spacial score (nSPS) is 12.8. The van der Waals surface area contributed by atoms with Crippen molar-refractivity contribution in [2.75, 3.05) is 0 Å². The lowest BCUT2D eigenvalue weighted by Gasteiger charge is -2.21. The number of hydrogen-bond donors (Lipinski definition) is 1. The van der Waals surface area contributed by atoms with Crippen LogP contribution in [-0.4, -0.2) is 13.5 Å². The Kier molecular flexibility index (Phi) is 3.03. The van der Waals surface area contributed by atoms with Gasteiger partial charge in [0.1, 0.15) is 5.75 Å². The predicted octanol–water partition coefficient (Wildman–Crippen LogP) is 2.62. The molecule has 0 saturated carbocycles. The van der Waals surface area contributed by atoms with Crippen LogP contribution in [0, 0.1) is 0 Å². The minimum Gasteiger partial charge on any atom is -0.508 e. The summed E-state index contributed by atoms with van der Waals surface area (Å²) in [5.41, 5.74) is 0.119. The summed E-state index contributed by atoms with van der Waals surface area (Å²) >= 11 is 0. The van der Waals surface area contributed by atoms with Crippen LogP contribution in [0.15, 0.2) is 23.1 Å². The molecule has 0 bridgehead atoms. The van der Waals surface area contributed by atoms with Crippen molar-refractivity contribution >= 4 is 19.7 Å². The Morgan fingerprint density at radius 1 is 1.27 bits per heavy atom. The van der Waals surface area contributed by atoms with E-state index in [1.54, 1.807) is 0 Å². The minimum atomic E-state index is -3.77. The summed E-state index contributed by atoms with van der Waals surface area (Å²) in [5.74, 6) is 0.0315. The number of benzene rings is 1. The molecule has 84 valence electrons. The number of phenolic OH excluding ortho intramolecular Hbond substituents is 1. The second kappa shape index (κ2) is 3.68. The monoisotopic (exact) mass is 248 g/mol. The quantitative estimate of drug-likeness (QED) is 0.778. The molecule has 5 heteroatoms. The van der Waals surface area contributed by atoms with Gasteiger partial charge in [-0.25, -0.2) is 8.42 Å². The maximum absolute atomic E-state index is 11.3. The van der Waals surface area contributed by atoms with Crippen molar-refractivity contribution in [3.63, 3.8) is 0 Å². The van der Waals surface area contributed by atoms with Crippen LogP contribution in [0.25, 0.3) is 0 Å². The molecule has 0 aliphatic carbocycles. The topological polar surface area (TPSA) is 54.4 Å². The SMILES string of the molecule is CC(C)(C)c1cc(O)ccc1S(=O)(=O)Cl. The Hall–Kier alpha value is -0.740. The van der Waals surface area contributed by atoms with Gasteiger partial charge in [-0.1, -0.05) is 20.8 Å². The Balaban J connectivity index is 3.55. The molecule has 0 atom stereocenters. The van der Waals surface area contributed by atoms with Gasteiger partial charge in [0.15, 0.2) is 0 Å². The highest BCUT2D eigenvalue weighted by Gasteiger charge is 2.24. The van der Waals surface area contributed by atoms with Crippen molar-refractivity contribution in [1.82, 2.24) is 0 Å². The molecule has 0 saturated heterocycles. The zero-order valence-electron chi connectivity index (χ0n) is 8.78. The highest BCUT2D eigenvalue weighted by atomic mass is 35.7. The lowest BCUT2D eigenvalue weighted by Crippen LogP contribution is -2.15. The number of halogens is 1. The summed E-state index contributed by atoms with van der Waals surface area (Å²) in [6, 6.07) is 4.05. The van der Waals surface area contributed by atoms with Crippen molar-refractivity contribution in [2.45, 2.75) is 31.1 Å². The molecule has 0 aliphatic rings. The van der Waals surface area contributed by atoms with Crippen LogP contribution in [0.3, 0.4) is 0 Å². The van der Waals surface area contributed by atoms with Crippen LogP contribution in [-0.2, 0) is 14.5 Å². The summed E-state index contributed by atoms with van der Waals surface area (Å²) in [4.78, 5) is 0.0504. The summed E-state index contributed by atoms with van der Waals surface area (Å²) in [6.45, 7) is 5.56. The summed E-state index contributed by atoms with van der Waals surface area (Å²) < 4.78 is 22.6. The molecule has 0 heterocycles. The van der Waals surface area contributed by atoms with E-state index in [1.165, 1.54) is 18.2 Å². The van der Waals surface area contributed by atoms with E-state index in [4.69, 9.17) is 10.7 Å². The Bertz CT molecular complexity index is 472. The summed E-state index contributed by atoms with van der Waals surface area (Å²) in [5, 5.41) is 9.33. The molecule has 15 heavy (non-hydrogen) atoms. The van der Waals surface area contributed by atoms with Crippen LogP contribution in [0.5, 0.6) is 5.75 Å². The van der Waals surface area contributed by atoms with E-state index in [0.717, 1.165) is 0 Å². The predicted molar refractivity (Wildman–Crippen MR) is 59.8 cm³/mol. The molecule has 1 N–H and O–H groups in total. The van der Waals surface area contributed by atoms with Gasteiger partial charge in [0, 0.05) is 10.7 Å². The lowest BCUT2D eigenvalue weighted by molar-refractivity contribution is 0.469. The average Bonchev–Trinajstić information content (AvgIpc) is 2.00. The fraction of sp³-hybridized carbons (Fsp3) is 0.400. The maximum atomic E-state index is 11.3. The number of aromatic hydroxyl groups is 1. The molecule has 1 aromatic rings. The fourth-order valence-electron chi connectivity index (χ4n) is 1.32. The van der Waals surface area contributed by atoms with E-state index in [1.807, 2.05) is 20.8 Å². The Morgan fingerprint density at radius 2 is 1.80 bits per heavy atom. The Morgan fingerprint density at radius 3 is 2.20 bits per heavy atom. The summed E-state index contributed by atoms with van der Waals surface area (Å²) in [6.07, 6.45) is 0. The summed E-state index contributed by atoms with van der Waals surface area (Å²) in [7, 11) is 1.54. The standard InChI is InChI=1S/C10H13ClO3S/c1-10(2,3)8-6-7(12)4-5-9(8)15(11,13)14/h4-6,12H,1-3H3. The lowest BCUT2D eigenvalue weighted by atomic mass is 9.87. The van der Waals surface area contributed by atoms with Gasteiger partial charge >= 0.3 is 0 Å². The molecule has 0 radical (unpaired) electrons. The molecule has 0 spiro atoms. The van der Waals surface area contributed by atoms with E-state index in [9.17, 15) is 13.5 Å². The molecule has 0 amide bonds. The van der Waals surface area contributed by atoms with Gasteiger partial charge in [0.2, 0.25) is 0 Å². The van der Waals surface area contributed by atoms with Gasteiger partial charge in [-0.3, -0.25) is 0 Å². The van der Waals surface area contributed by atoms with E-state index < -0.39 is 14.5 Å². The fourth-order valence-corrected chi connectivity index (χ4v) is 2.58. The molecular formula is C10H13ClO3S. The smallest absolute Gasteiger partial charge is 0.261 e. The van der Waals surface area contributed by atoms with Crippen molar-refractivity contribution in [2.24, 2.45) is 0 Å². The Labute approximate surface area is 94.1 Å². The first-order chi connectivity index (χ1) is 6.62. The van der Waals surface area contributed by atoms with Crippen LogP contribution >= 0.6 is 10.7 Å². The van der Waals surface area contributed by atoms with Crippen molar-refractivity contribution in [3.05, 3.63) is 23.8 Å². The molecule has 0 fully saturated rings. The first kappa shape index (κ1) is 12.3. The molecule has 0 unspecified atom stereocenters. The van der Waals surface area contributed by atoms with Crippen molar-refractivity contribution < 1.29 is 13.5 Å². The number of phenols is 1. The second-order valence-corrected chi connectivity index (χ2v) is 6.90. The van der Waals surface area contributed by atoms with Crippen LogP contribution in [0.2, 0.25) is 0 Å². The molecular weight excluding hydrogens is 236 g/mol. The molecule has 1 aromatic carbocycles. The number of rotatable bonds is 1.